The summed E-state index contributed by atoms with van der Waals surface area (Å²) in [4.78, 5) is 0. The van der Waals surface area contributed by atoms with Gasteiger partial charge in [0.15, 0.2) is 0 Å². The minimum atomic E-state index is 1.21. The van der Waals surface area contributed by atoms with E-state index in [-0.39, 0.29) is 0 Å². The summed E-state index contributed by atoms with van der Waals surface area (Å²) in [6.45, 7) is 0. The van der Waals surface area contributed by atoms with Crippen LogP contribution in [0.5, 0.6) is 0 Å². The third-order valence-corrected chi connectivity index (χ3v) is 19.4. The van der Waals surface area contributed by atoms with E-state index in [1.54, 1.807) is 0 Å². The van der Waals surface area contributed by atoms with Crippen molar-refractivity contribution in [2.45, 2.75) is 0 Å². The summed E-state index contributed by atoms with van der Waals surface area (Å²) in [6, 6.07) is 102. The molecular formula is C82H44. The van der Waals surface area contributed by atoms with Gasteiger partial charge in [-0.2, -0.15) is 0 Å². The molecule has 0 heterocycles. The van der Waals surface area contributed by atoms with Gasteiger partial charge in [-0.25, -0.2) is 0 Å². The average Bonchev–Trinajstić information content (AvgIpc) is 2.50. The largest absolute Gasteiger partial charge is 0.0622 e. The molecule has 20 aromatic carbocycles. The average molecular weight is 1030 g/mol. The van der Waals surface area contributed by atoms with Gasteiger partial charge >= 0.3 is 0 Å². The molecule has 20 rings (SSSR count). The topological polar surface area (TPSA) is 0 Å². The summed E-state index contributed by atoms with van der Waals surface area (Å²) in [5.74, 6) is 0. The standard InChI is InChI=1S/C82H44/c1-4-19-45(20-5-1)49-27-10-13-30-52(49)75-78-60-34-16-25-47-26-17-35-61(67(47)60)79(78)76(53-31-14-11-28-50(53)46-21-6-2-7-22-46)82-66-44-40-59-57-38-42-64-72-63(41-37-56(69(57)72)58-39-43-65(81(75)82)73(66)70(58)59)77-68(48-23-8-3-9-24-48)62-36-18-33-54-51-29-12-15-32-55(51)74(71(54)62)80(64)77/h1-44H. The molecule has 0 radical (unpaired) electrons. The van der Waals surface area contributed by atoms with E-state index in [1.165, 1.54) is 206 Å². The number of hydrogen-bond acceptors (Lipinski definition) is 0. The third kappa shape index (κ3) is 5.25. The van der Waals surface area contributed by atoms with E-state index in [0.29, 0.717) is 0 Å². The highest BCUT2D eigenvalue weighted by atomic mass is 14.3. The number of hydrogen-bond donors (Lipinski definition) is 0. The molecule has 0 nitrogen and oxygen atoms in total. The molecule has 0 unspecified atom stereocenters. The molecule has 82 heavy (non-hydrogen) atoms. The molecule has 0 amide bonds. The Hall–Kier alpha value is -10.7. The van der Waals surface area contributed by atoms with Crippen LogP contribution in [-0.4, -0.2) is 0 Å². The zero-order chi connectivity index (χ0) is 53.1. The second kappa shape index (κ2) is 15.6. The Balaban J connectivity index is 0.999. The van der Waals surface area contributed by atoms with Crippen LogP contribution in [0.1, 0.15) is 0 Å². The van der Waals surface area contributed by atoms with Gasteiger partial charge in [0, 0.05) is 0 Å². The van der Waals surface area contributed by atoms with Gasteiger partial charge in [-0.3, -0.25) is 0 Å². The Morgan fingerprint density at radius 3 is 0.902 bits per heavy atom. The predicted molar refractivity (Wildman–Crippen MR) is 355 cm³/mol. The van der Waals surface area contributed by atoms with Gasteiger partial charge in [-0.1, -0.05) is 267 Å². The number of rotatable bonds is 5. The molecule has 0 saturated heterocycles. The van der Waals surface area contributed by atoms with Crippen molar-refractivity contribution in [1.82, 2.24) is 0 Å². The Bertz CT molecular complexity index is 5850. The van der Waals surface area contributed by atoms with E-state index in [0.717, 1.165) is 0 Å². The summed E-state index contributed by atoms with van der Waals surface area (Å²) in [6.07, 6.45) is 0. The smallest absolute Gasteiger partial charge is 0.000695 e. The lowest BCUT2D eigenvalue weighted by atomic mass is 9.83. The first kappa shape index (κ1) is 43.2. The summed E-state index contributed by atoms with van der Waals surface area (Å²) in [5, 5.41) is 37.2. The minimum Gasteiger partial charge on any atom is -0.0622 e. The maximum atomic E-state index is 2.51. The van der Waals surface area contributed by atoms with Crippen molar-refractivity contribution < 1.29 is 0 Å². The highest BCUT2D eigenvalue weighted by Gasteiger charge is 2.32. The Kier molecular flexibility index (Phi) is 8.22. The molecule has 0 spiro atoms. The Labute approximate surface area is 470 Å². The highest BCUT2D eigenvalue weighted by molar-refractivity contribution is 6.53. The fourth-order valence-corrected chi connectivity index (χ4v) is 16.4. The van der Waals surface area contributed by atoms with Crippen molar-refractivity contribution in [2.24, 2.45) is 0 Å². The van der Waals surface area contributed by atoms with Crippen LogP contribution in [0.25, 0.3) is 206 Å². The van der Waals surface area contributed by atoms with E-state index in [2.05, 4.69) is 267 Å². The first-order valence-electron chi connectivity index (χ1n) is 28.8. The van der Waals surface area contributed by atoms with E-state index in [4.69, 9.17) is 0 Å². The zero-order valence-electron chi connectivity index (χ0n) is 44.4. The molecule has 0 saturated carbocycles. The quantitative estimate of drug-likeness (QED) is 0.119. The fraction of sp³-hybridized carbons (Fsp3) is 0. The van der Waals surface area contributed by atoms with E-state index < -0.39 is 0 Å². The van der Waals surface area contributed by atoms with Gasteiger partial charge in [0.25, 0.3) is 0 Å². The van der Waals surface area contributed by atoms with Crippen LogP contribution in [0, 0.1) is 0 Å². The van der Waals surface area contributed by atoms with Crippen LogP contribution in [-0.2, 0) is 0 Å². The van der Waals surface area contributed by atoms with E-state index in [9.17, 15) is 0 Å². The van der Waals surface area contributed by atoms with Gasteiger partial charge in [0.05, 0.1) is 0 Å². The summed E-state index contributed by atoms with van der Waals surface area (Å²) in [7, 11) is 0. The molecule has 20 aromatic rings. The maximum absolute atomic E-state index is 2.51. The van der Waals surface area contributed by atoms with Gasteiger partial charge in [0.1, 0.15) is 0 Å². The van der Waals surface area contributed by atoms with Crippen molar-refractivity contribution in [1.29, 1.82) is 0 Å². The van der Waals surface area contributed by atoms with Crippen LogP contribution < -0.4 is 0 Å². The van der Waals surface area contributed by atoms with E-state index in [1.807, 2.05) is 0 Å². The molecule has 0 heteroatoms. The SMILES string of the molecule is c1ccc(-c2ccccc2-c2c3c4cccc5cccc(c3c(-c3ccccc3-c3ccccc3)c3c6ccc7c8ccc9c%10c(ccc(c%11ccc(c23)c6c%117)c8%10)c2c(-c3ccccc3)c3cccc6c7ccccc7c(c36)c92)c54)cc1. The molecule has 0 N–H and O–H groups in total. The highest BCUT2D eigenvalue weighted by Crippen LogP contribution is 2.60. The minimum absolute atomic E-state index is 1.21. The fourth-order valence-electron chi connectivity index (χ4n) is 16.4. The number of fused-ring (bicyclic) bond motifs is 15. The normalized spacial score (nSPS) is 12.6. The second-order valence-electron chi connectivity index (χ2n) is 23.1. The van der Waals surface area contributed by atoms with Gasteiger partial charge in [-0.15, -0.1) is 0 Å². The molecule has 0 aromatic heterocycles. The molecule has 0 bridgehead atoms. The summed E-state index contributed by atoms with van der Waals surface area (Å²) >= 11 is 0. The van der Waals surface area contributed by atoms with Crippen LogP contribution in [0.2, 0.25) is 0 Å². The lowest BCUT2D eigenvalue weighted by Crippen LogP contribution is -1.92. The van der Waals surface area contributed by atoms with Crippen LogP contribution in [0.3, 0.4) is 0 Å². The van der Waals surface area contributed by atoms with E-state index >= 15 is 0 Å². The molecule has 0 atom stereocenters. The second-order valence-corrected chi connectivity index (χ2v) is 23.1. The summed E-state index contributed by atoms with van der Waals surface area (Å²) < 4.78 is 0. The zero-order valence-corrected chi connectivity index (χ0v) is 44.4. The summed E-state index contributed by atoms with van der Waals surface area (Å²) in [5.41, 5.74) is 12.6. The molecule has 0 aliphatic heterocycles. The maximum Gasteiger partial charge on any atom is -0.000695 e. The Morgan fingerprint density at radius 1 is 0.122 bits per heavy atom. The molecule has 0 aliphatic rings. The molecular weight excluding hydrogens is 985 g/mol. The van der Waals surface area contributed by atoms with Crippen LogP contribution >= 0.6 is 0 Å². The van der Waals surface area contributed by atoms with Crippen LogP contribution in [0.15, 0.2) is 267 Å². The van der Waals surface area contributed by atoms with Crippen molar-refractivity contribution in [3.8, 4) is 55.6 Å². The van der Waals surface area contributed by atoms with Crippen LogP contribution in [0.4, 0.5) is 0 Å². The lowest BCUT2D eigenvalue weighted by Gasteiger charge is -2.19. The molecule has 0 fully saturated rings. The van der Waals surface area contributed by atoms with Gasteiger partial charge in [0.2, 0.25) is 0 Å². The van der Waals surface area contributed by atoms with Gasteiger partial charge < -0.3 is 0 Å². The first-order valence-corrected chi connectivity index (χ1v) is 28.8. The Morgan fingerprint density at radius 2 is 0.402 bits per heavy atom. The monoisotopic (exact) mass is 1030 g/mol. The molecule has 0 aliphatic carbocycles. The molecule has 372 valence electrons. The lowest BCUT2D eigenvalue weighted by molar-refractivity contribution is 1.61. The third-order valence-electron chi connectivity index (χ3n) is 19.4. The van der Waals surface area contributed by atoms with Gasteiger partial charge in [-0.05, 0) is 206 Å². The van der Waals surface area contributed by atoms with Crippen molar-refractivity contribution in [3.63, 3.8) is 0 Å². The first-order chi connectivity index (χ1) is 40.8. The van der Waals surface area contributed by atoms with Crippen molar-refractivity contribution in [2.75, 3.05) is 0 Å². The van der Waals surface area contributed by atoms with Crippen molar-refractivity contribution in [3.05, 3.63) is 267 Å². The number of benzene rings is 16. The van der Waals surface area contributed by atoms with Crippen molar-refractivity contribution >= 4 is 151 Å². The predicted octanol–water partition coefficient (Wildman–Crippen LogP) is 23.4.